The van der Waals surface area contributed by atoms with Gasteiger partial charge < -0.3 is 4.90 Å². The van der Waals surface area contributed by atoms with E-state index in [1.54, 1.807) is 17.3 Å². The van der Waals surface area contributed by atoms with Crippen molar-refractivity contribution in [1.29, 1.82) is 0 Å². The van der Waals surface area contributed by atoms with Crippen molar-refractivity contribution in [3.63, 3.8) is 0 Å². The van der Waals surface area contributed by atoms with E-state index in [1.165, 1.54) is 0 Å². The molecule has 0 bridgehead atoms. The zero-order valence-corrected chi connectivity index (χ0v) is 9.76. The number of hydrogen-bond donors (Lipinski definition) is 1. The molecule has 88 valence electrons. The highest BCUT2D eigenvalue weighted by molar-refractivity contribution is 5.93. The van der Waals surface area contributed by atoms with Gasteiger partial charge in [-0.25, -0.2) is 0 Å². The van der Waals surface area contributed by atoms with Crippen LogP contribution >= 0.6 is 0 Å². The summed E-state index contributed by atoms with van der Waals surface area (Å²) in [5.74, 6) is 0.00473. The Bertz CT molecular complexity index is 465. The second-order valence-corrected chi connectivity index (χ2v) is 3.79. The van der Waals surface area contributed by atoms with Crippen LogP contribution in [0, 0.1) is 0 Å². The molecule has 4 heteroatoms. The largest absolute Gasteiger partial charge is 0.335 e. The lowest BCUT2D eigenvalue weighted by molar-refractivity contribution is 0.0752. The number of aromatic nitrogens is 2. The molecule has 1 amide bonds. The zero-order valence-electron chi connectivity index (χ0n) is 9.76. The molecule has 4 nitrogen and oxygen atoms in total. The third-order valence-electron chi connectivity index (χ3n) is 2.63. The SMILES string of the molecule is CCN(Cc1ccccc1)C(=O)c1cn[nH]c1. The molecule has 0 fully saturated rings. The first-order valence-corrected chi connectivity index (χ1v) is 5.63. The van der Waals surface area contributed by atoms with Crippen LogP contribution in [0.3, 0.4) is 0 Å². The summed E-state index contributed by atoms with van der Waals surface area (Å²) in [6.07, 6.45) is 3.17. The van der Waals surface area contributed by atoms with E-state index in [0.717, 1.165) is 5.56 Å². The molecule has 0 aliphatic heterocycles. The van der Waals surface area contributed by atoms with Gasteiger partial charge in [0.2, 0.25) is 0 Å². The maximum absolute atomic E-state index is 12.1. The maximum atomic E-state index is 12.1. The van der Waals surface area contributed by atoms with Gasteiger partial charge in [-0.1, -0.05) is 30.3 Å². The summed E-state index contributed by atoms with van der Waals surface area (Å²) in [4.78, 5) is 13.9. The number of carbonyl (C=O) groups excluding carboxylic acids is 1. The van der Waals surface area contributed by atoms with E-state index in [4.69, 9.17) is 0 Å². The molecule has 0 saturated heterocycles. The van der Waals surface area contributed by atoms with Crippen molar-refractivity contribution < 1.29 is 4.79 Å². The smallest absolute Gasteiger partial charge is 0.257 e. The topological polar surface area (TPSA) is 49.0 Å². The summed E-state index contributed by atoms with van der Waals surface area (Å²) in [6.45, 7) is 3.28. The van der Waals surface area contributed by atoms with E-state index < -0.39 is 0 Å². The first-order chi connectivity index (χ1) is 8.31. The van der Waals surface area contributed by atoms with Gasteiger partial charge in [0.25, 0.3) is 5.91 Å². The molecule has 1 aromatic heterocycles. The molecule has 0 unspecified atom stereocenters. The van der Waals surface area contributed by atoms with Crippen LogP contribution in [0.5, 0.6) is 0 Å². The fourth-order valence-corrected chi connectivity index (χ4v) is 1.68. The number of nitrogens with one attached hydrogen (secondary N) is 1. The zero-order chi connectivity index (χ0) is 12.1. The number of H-pyrrole nitrogens is 1. The van der Waals surface area contributed by atoms with Gasteiger partial charge in [-0.2, -0.15) is 5.10 Å². The Balaban J connectivity index is 2.10. The van der Waals surface area contributed by atoms with Crippen molar-refractivity contribution in [3.05, 3.63) is 53.9 Å². The quantitative estimate of drug-likeness (QED) is 0.872. The Morgan fingerprint density at radius 3 is 2.71 bits per heavy atom. The van der Waals surface area contributed by atoms with E-state index in [2.05, 4.69) is 10.2 Å². The minimum Gasteiger partial charge on any atom is -0.335 e. The molecule has 2 rings (SSSR count). The summed E-state index contributed by atoms with van der Waals surface area (Å²) < 4.78 is 0. The van der Waals surface area contributed by atoms with Crippen LogP contribution in [-0.4, -0.2) is 27.5 Å². The fourth-order valence-electron chi connectivity index (χ4n) is 1.68. The molecule has 0 saturated carbocycles. The van der Waals surface area contributed by atoms with E-state index in [-0.39, 0.29) is 5.91 Å². The summed E-state index contributed by atoms with van der Waals surface area (Å²) in [7, 11) is 0. The number of carbonyl (C=O) groups is 1. The minimum atomic E-state index is 0.00473. The Kier molecular flexibility index (Phi) is 3.55. The average Bonchev–Trinajstić information content (AvgIpc) is 2.90. The van der Waals surface area contributed by atoms with Crippen LogP contribution in [0.15, 0.2) is 42.7 Å². The molecular formula is C13H15N3O. The van der Waals surface area contributed by atoms with Crippen molar-refractivity contribution in [2.24, 2.45) is 0 Å². The van der Waals surface area contributed by atoms with Crippen LogP contribution in [-0.2, 0) is 6.54 Å². The van der Waals surface area contributed by atoms with Crippen molar-refractivity contribution in [2.75, 3.05) is 6.54 Å². The number of hydrogen-bond acceptors (Lipinski definition) is 2. The molecule has 17 heavy (non-hydrogen) atoms. The third-order valence-corrected chi connectivity index (χ3v) is 2.63. The highest BCUT2D eigenvalue weighted by atomic mass is 16.2. The second kappa shape index (κ2) is 5.30. The third kappa shape index (κ3) is 2.72. The Morgan fingerprint density at radius 1 is 1.35 bits per heavy atom. The maximum Gasteiger partial charge on any atom is 0.257 e. The molecule has 0 radical (unpaired) electrons. The molecule has 1 aromatic carbocycles. The van der Waals surface area contributed by atoms with Crippen LogP contribution in [0.25, 0.3) is 0 Å². The number of benzene rings is 1. The number of nitrogens with zero attached hydrogens (tertiary/aromatic N) is 2. The van der Waals surface area contributed by atoms with E-state index in [9.17, 15) is 4.79 Å². The van der Waals surface area contributed by atoms with Crippen molar-refractivity contribution in [3.8, 4) is 0 Å². The molecule has 2 aromatic rings. The molecule has 1 heterocycles. The van der Waals surface area contributed by atoms with Crippen LogP contribution in [0.1, 0.15) is 22.8 Å². The summed E-state index contributed by atoms with van der Waals surface area (Å²) >= 11 is 0. The lowest BCUT2D eigenvalue weighted by Gasteiger charge is -2.20. The Hall–Kier alpha value is -2.10. The average molecular weight is 229 g/mol. The summed E-state index contributed by atoms with van der Waals surface area (Å²) in [5, 5.41) is 6.45. The first-order valence-electron chi connectivity index (χ1n) is 5.63. The van der Waals surface area contributed by atoms with Crippen molar-refractivity contribution in [1.82, 2.24) is 15.1 Å². The lowest BCUT2D eigenvalue weighted by atomic mass is 10.2. The van der Waals surface area contributed by atoms with Crippen molar-refractivity contribution >= 4 is 5.91 Å². The molecule has 0 atom stereocenters. The standard InChI is InChI=1S/C13H15N3O/c1-2-16(10-11-6-4-3-5-7-11)13(17)12-8-14-15-9-12/h3-9H,2,10H2,1H3,(H,14,15). The predicted molar refractivity (Wildman–Crippen MR) is 65.4 cm³/mol. The van der Waals surface area contributed by atoms with Crippen LogP contribution < -0.4 is 0 Å². The van der Waals surface area contributed by atoms with E-state index >= 15 is 0 Å². The summed E-state index contributed by atoms with van der Waals surface area (Å²) in [5.41, 5.74) is 1.73. The van der Waals surface area contributed by atoms with Gasteiger partial charge in [-0.15, -0.1) is 0 Å². The first kappa shape index (κ1) is 11.4. The van der Waals surface area contributed by atoms with Gasteiger partial charge in [0.15, 0.2) is 0 Å². The molecule has 0 spiro atoms. The molecule has 1 N–H and O–H groups in total. The van der Waals surface area contributed by atoms with Gasteiger partial charge in [0.05, 0.1) is 11.8 Å². The van der Waals surface area contributed by atoms with Gasteiger partial charge >= 0.3 is 0 Å². The predicted octanol–water partition coefficient (Wildman–Crippen LogP) is 2.07. The number of rotatable bonds is 4. The van der Waals surface area contributed by atoms with E-state index in [1.807, 2.05) is 37.3 Å². The number of amides is 1. The minimum absolute atomic E-state index is 0.00473. The molecule has 0 aliphatic rings. The van der Waals surface area contributed by atoms with Crippen molar-refractivity contribution in [2.45, 2.75) is 13.5 Å². The fraction of sp³-hybridized carbons (Fsp3) is 0.231. The van der Waals surface area contributed by atoms with E-state index in [0.29, 0.717) is 18.7 Å². The Labute approximate surface area is 100 Å². The van der Waals surface area contributed by atoms with Crippen LogP contribution in [0.2, 0.25) is 0 Å². The summed E-state index contributed by atoms with van der Waals surface area (Å²) in [6, 6.07) is 9.96. The highest BCUT2D eigenvalue weighted by Gasteiger charge is 2.14. The molecular weight excluding hydrogens is 214 g/mol. The monoisotopic (exact) mass is 229 g/mol. The highest BCUT2D eigenvalue weighted by Crippen LogP contribution is 2.08. The normalized spacial score (nSPS) is 10.2. The van der Waals surface area contributed by atoms with Crippen LogP contribution in [0.4, 0.5) is 0 Å². The molecule has 0 aliphatic carbocycles. The van der Waals surface area contributed by atoms with Gasteiger partial charge in [0, 0.05) is 19.3 Å². The lowest BCUT2D eigenvalue weighted by Crippen LogP contribution is -2.30. The van der Waals surface area contributed by atoms with Gasteiger partial charge in [-0.3, -0.25) is 9.89 Å². The Morgan fingerprint density at radius 2 is 2.12 bits per heavy atom. The van der Waals surface area contributed by atoms with Gasteiger partial charge in [0.1, 0.15) is 0 Å². The number of aromatic amines is 1. The van der Waals surface area contributed by atoms with Gasteiger partial charge in [-0.05, 0) is 12.5 Å². The second-order valence-electron chi connectivity index (χ2n) is 3.79.